The molecule has 3 nitrogen and oxygen atoms in total. The van der Waals surface area contributed by atoms with Gasteiger partial charge in [0.25, 0.3) is 5.91 Å². The molecule has 0 aliphatic heterocycles. The molecule has 26 heavy (non-hydrogen) atoms. The number of amides is 1. The topological polar surface area (TPSA) is 42.0 Å². The van der Waals surface area contributed by atoms with Gasteiger partial charge in [-0.1, -0.05) is 42.5 Å². The Kier molecular flexibility index (Phi) is 4.82. The molecule has 7 heteroatoms. The standard InChI is InChI=1S/C19H15F3N2OS/c1-11-8-9-12(2)14(10-11)23-17(25)15-16(19(20,21)22)24-18(26-15)13-6-4-3-5-7-13/h3-10H,1-2H3,(H,23,25). The molecule has 3 rings (SSSR count). The molecule has 1 N–H and O–H groups in total. The van der Waals surface area contributed by atoms with E-state index in [1.807, 2.05) is 13.0 Å². The molecule has 0 unspecified atom stereocenters. The zero-order valence-corrected chi connectivity index (χ0v) is 14.8. The molecule has 0 aliphatic rings. The van der Waals surface area contributed by atoms with Crippen molar-refractivity contribution in [1.82, 2.24) is 4.98 Å². The molecular weight excluding hydrogens is 361 g/mol. The van der Waals surface area contributed by atoms with Crippen LogP contribution in [0.5, 0.6) is 0 Å². The van der Waals surface area contributed by atoms with Crippen LogP contribution in [-0.2, 0) is 6.18 Å². The number of rotatable bonds is 3. The third kappa shape index (κ3) is 3.77. The van der Waals surface area contributed by atoms with Crippen LogP contribution in [0.1, 0.15) is 26.5 Å². The number of halogens is 3. The fraction of sp³-hybridized carbons (Fsp3) is 0.158. The molecule has 0 saturated heterocycles. The fourth-order valence-corrected chi connectivity index (χ4v) is 3.41. The predicted molar refractivity (Wildman–Crippen MR) is 96.4 cm³/mol. The lowest BCUT2D eigenvalue weighted by molar-refractivity contribution is -0.140. The number of benzene rings is 2. The summed E-state index contributed by atoms with van der Waals surface area (Å²) in [5.74, 6) is -0.814. The van der Waals surface area contributed by atoms with Gasteiger partial charge in [-0.25, -0.2) is 4.98 Å². The second kappa shape index (κ2) is 6.92. The lowest BCUT2D eigenvalue weighted by Gasteiger charge is -2.10. The van der Waals surface area contributed by atoms with Crippen LogP contribution in [0.4, 0.5) is 18.9 Å². The van der Waals surface area contributed by atoms with Gasteiger partial charge in [-0.3, -0.25) is 4.79 Å². The number of hydrogen-bond donors (Lipinski definition) is 1. The SMILES string of the molecule is Cc1ccc(C)c(NC(=O)c2sc(-c3ccccc3)nc2C(F)(F)F)c1. The monoisotopic (exact) mass is 376 g/mol. The van der Waals surface area contributed by atoms with Gasteiger partial charge in [0.1, 0.15) is 9.88 Å². The molecule has 2 aromatic carbocycles. The average Bonchev–Trinajstić information content (AvgIpc) is 3.05. The molecular formula is C19H15F3N2OS. The first-order valence-corrected chi connectivity index (χ1v) is 8.59. The number of hydrogen-bond acceptors (Lipinski definition) is 3. The first-order chi connectivity index (χ1) is 12.3. The fourth-order valence-electron chi connectivity index (χ4n) is 2.42. The van der Waals surface area contributed by atoms with Crippen molar-refractivity contribution in [1.29, 1.82) is 0 Å². The molecule has 1 amide bonds. The normalized spacial score (nSPS) is 11.4. The summed E-state index contributed by atoms with van der Waals surface area (Å²) >= 11 is 0.734. The highest BCUT2D eigenvalue weighted by Crippen LogP contribution is 2.38. The Labute approximate surface area is 152 Å². The summed E-state index contributed by atoms with van der Waals surface area (Å²) in [5.41, 5.74) is 1.53. The third-order valence-corrected chi connectivity index (χ3v) is 4.87. The van der Waals surface area contributed by atoms with Crippen molar-refractivity contribution in [2.75, 3.05) is 5.32 Å². The van der Waals surface area contributed by atoms with E-state index >= 15 is 0 Å². The summed E-state index contributed by atoms with van der Waals surface area (Å²) in [7, 11) is 0. The summed E-state index contributed by atoms with van der Waals surface area (Å²) in [6, 6.07) is 13.9. The Hall–Kier alpha value is -2.67. The maximum absolute atomic E-state index is 13.4. The van der Waals surface area contributed by atoms with Crippen molar-refractivity contribution in [2.24, 2.45) is 0 Å². The number of carbonyl (C=O) groups excluding carboxylic acids is 1. The highest BCUT2D eigenvalue weighted by molar-refractivity contribution is 7.17. The van der Waals surface area contributed by atoms with Gasteiger partial charge in [-0.15, -0.1) is 11.3 Å². The zero-order valence-electron chi connectivity index (χ0n) is 14.0. The maximum Gasteiger partial charge on any atom is 0.435 e. The second-order valence-corrected chi connectivity index (χ2v) is 6.83. The van der Waals surface area contributed by atoms with Crippen LogP contribution >= 0.6 is 11.3 Å². The van der Waals surface area contributed by atoms with E-state index in [1.165, 1.54) is 0 Å². The number of alkyl halides is 3. The van der Waals surface area contributed by atoms with Crippen molar-refractivity contribution in [3.8, 4) is 10.6 Å². The first-order valence-electron chi connectivity index (χ1n) is 7.78. The third-order valence-electron chi connectivity index (χ3n) is 3.76. The minimum atomic E-state index is -4.71. The van der Waals surface area contributed by atoms with Crippen molar-refractivity contribution in [2.45, 2.75) is 20.0 Å². The molecule has 3 aromatic rings. The van der Waals surface area contributed by atoms with E-state index < -0.39 is 22.7 Å². The van der Waals surface area contributed by atoms with Crippen LogP contribution in [0.15, 0.2) is 48.5 Å². The maximum atomic E-state index is 13.4. The summed E-state index contributed by atoms with van der Waals surface area (Å²) < 4.78 is 40.2. The largest absolute Gasteiger partial charge is 0.435 e. The van der Waals surface area contributed by atoms with E-state index in [4.69, 9.17) is 0 Å². The molecule has 0 fully saturated rings. The number of anilines is 1. The van der Waals surface area contributed by atoms with E-state index in [0.29, 0.717) is 11.3 Å². The lowest BCUT2D eigenvalue weighted by Crippen LogP contribution is -2.17. The number of aromatic nitrogens is 1. The minimum absolute atomic E-state index is 0.157. The quantitative estimate of drug-likeness (QED) is 0.637. The lowest BCUT2D eigenvalue weighted by atomic mass is 10.1. The van der Waals surface area contributed by atoms with Crippen molar-refractivity contribution in [3.63, 3.8) is 0 Å². The number of nitrogens with one attached hydrogen (secondary N) is 1. The molecule has 1 aromatic heterocycles. The molecule has 0 radical (unpaired) electrons. The van der Waals surface area contributed by atoms with Gasteiger partial charge in [0.15, 0.2) is 5.69 Å². The molecule has 134 valence electrons. The number of thiazole rings is 1. The molecule has 0 bridgehead atoms. The van der Waals surface area contributed by atoms with E-state index in [9.17, 15) is 18.0 Å². The van der Waals surface area contributed by atoms with Gasteiger partial charge in [0.05, 0.1) is 0 Å². The van der Waals surface area contributed by atoms with Gasteiger partial charge >= 0.3 is 6.18 Å². The van der Waals surface area contributed by atoms with Crippen LogP contribution < -0.4 is 5.32 Å². The van der Waals surface area contributed by atoms with Gasteiger partial charge < -0.3 is 5.32 Å². The van der Waals surface area contributed by atoms with Crippen LogP contribution in [0.3, 0.4) is 0 Å². The van der Waals surface area contributed by atoms with E-state index in [-0.39, 0.29) is 5.01 Å². The van der Waals surface area contributed by atoms with Gasteiger partial charge in [-0.05, 0) is 31.0 Å². The summed E-state index contributed by atoms with van der Waals surface area (Å²) in [6.45, 7) is 3.62. The van der Waals surface area contributed by atoms with Gasteiger partial charge in [0, 0.05) is 11.3 Å². The summed E-state index contributed by atoms with van der Waals surface area (Å²) in [4.78, 5) is 15.8. The number of nitrogens with zero attached hydrogens (tertiary/aromatic N) is 1. The number of aryl methyl sites for hydroxylation is 2. The highest BCUT2D eigenvalue weighted by atomic mass is 32.1. The second-order valence-electron chi connectivity index (χ2n) is 5.83. The van der Waals surface area contributed by atoms with Crippen LogP contribution in [0.25, 0.3) is 10.6 Å². The Bertz CT molecular complexity index is 949. The van der Waals surface area contributed by atoms with Crippen LogP contribution in [0.2, 0.25) is 0 Å². The van der Waals surface area contributed by atoms with Gasteiger partial charge in [-0.2, -0.15) is 13.2 Å². The van der Waals surface area contributed by atoms with Crippen molar-refractivity contribution < 1.29 is 18.0 Å². The van der Waals surface area contributed by atoms with Crippen LogP contribution in [0, 0.1) is 13.8 Å². The average molecular weight is 376 g/mol. The Morgan fingerprint density at radius 1 is 1.08 bits per heavy atom. The smallest absolute Gasteiger partial charge is 0.321 e. The molecule has 1 heterocycles. The van der Waals surface area contributed by atoms with Crippen molar-refractivity contribution >= 4 is 22.9 Å². The van der Waals surface area contributed by atoms with Gasteiger partial charge in [0.2, 0.25) is 0 Å². The zero-order chi connectivity index (χ0) is 18.9. The Balaban J connectivity index is 2.01. The molecule has 0 atom stereocenters. The minimum Gasteiger partial charge on any atom is -0.321 e. The first kappa shape index (κ1) is 18.1. The van der Waals surface area contributed by atoms with Crippen LogP contribution in [-0.4, -0.2) is 10.9 Å². The predicted octanol–water partition coefficient (Wildman–Crippen LogP) is 5.70. The highest BCUT2D eigenvalue weighted by Gasteiger charge is 2.39. The van der Waals surface area contributed by atoms with E-state index in [1.54, 1.807) is 49.4 Å². The summed E-state index contributed by atoms with van der Waals surface area (Å²) in [6.07, 6.45) is -4.71. The Morgan fingerprint density at radius 3 is 2.42 bits per heavy atom. The molecule has 0 aliphatic carbocycles. The number of carbonyl (C=O) groups is 1. The van der Waals surface area contributed by atoms with E-state index in [0.717, 1.165) is 22.5 Å². The Morgan fingerprint density at radius 2 is 1.77 bits per heavy atom. The molecule has 0 spiro atoms. The summed E-state index contributed by atoms with van der Waals surface area (Å²) in [5, 5.41) is 2.73. The molecule has 0 saturated carbocycles. The van der Waals surface area contributed by atoms with E-state index in [2.05, 4.69) is 10.3 Å². The van der Waals surface area contributed by atoms with Crippen molar-refractivity contribution in [3.05, 3.63) is 70.2 Å².